The lowest BCUT2D eigenvalue weighted by atomic mass is 9.47. The highest BCUT2D eigenvalue weighted by Gasteiger charge is 2.57. The molecule has 1 heterocycles. The second kappa shape index (κ2) is 5.80. The van der Waals surface area contributed by atoms with E-state index in [2.05, 4.69) is 18.8 Å². The topological polar surface area (TPSA) is 59.4 Å². The van der Waals surface area contributed by atoms with Gasteiger partial charge in [0.05, 0.1) is 22.7 Å². The standard InChI is InChI=1S/C19H27NO3S/c1-12(2)17-20-15(10-24-17)9-23-16(21)8-18-4-13-3-14(5-18)7-19(22,6-13)11-18/h10,12-14,22H,3-9,11H2,1-2H3. The van der Waals surface area contributed by atoms with E-state index in [0.29, 0.717) is 24.2 Å². The van der Waals surface area contributed by atoms with Crippen LogP contribution >= 0.6 is 11.3 Å². The maximum absolute atomic E-state index is 12.4. The van der Waals surface area contributed by atoms with Crippen LogP contribution in [-0.2, 0) is 16.1 Å². The number of aliphatic hydroxyl groups is 1. The fourth-order valence-electron chi connectivity index (χ4n) is 5.77. The number of nitrogens with zero attached hydrogens (tertiary/aromatic N) is 1. The van der Waals surface area contributed by atoms with Crippen molar-refractivity contribution in [3.05, 3.63) is 16.1 Å². The SMILES string of the molecule is CC(C)c1nc(COC(=O)CC23CC4CC(CC(O)(C4)C2)C3)cs1. The van der Waals surface area contributed by atoms with Crippen LogP contribution in [0.25, 0.3) is 0 Å². The molecule has 4 bridgehead atoms. The molecule has 0 spiro atoms. The Morgan fingerprint density at radius 1 is 1.38 bits per heavy atom. The molecule has 4 fully saturated rings. The number of ether oxygens (including phenoxy) is 1. The number of thiazole rings is 1. The molecule has 4 aliphatic rings. The predicted molar refractivity (Wildman–Crippen MR) is 92.7 cm³/mol. The summed E-state index contributed by atoms with van der Waals surface area (Å²) in [5, 5.41) is 13.9. The fourth-order valence-corrected chi connectivity index (χ4v) is 6.59. The van der Waals surface area contributed by atoms with Gasteiger partial charge in [0.1, 0.15) is 6.61 Å². The first-order valence-corrected chi connectivity index (χ1v) is 10.1. The number of carbonyl (C=O) groups excluding carboxylic acids is 1. The summed E-state index contributed by atoms with van der Waals surface area (Å²) in [7, 11) is 0. The molecule has 0 saturated heterocycles. The number of hydrogen-bond donors (Lipinski definition) is 1. The molecule has 0 aromatic carbocycles. The van der Waals surface area contributed by atoms with Crippen LogP contribution < -0.4 is 0 Å². The molecule has 4 nitrogen and oxygen atoms in total. The van der Waals surface area contributed by atoms with E-state index in [4.69, 9.17) is 4.74 Å². The van der Waals surface area contributed by atoms with Gasteiger partial charge in [-0.1, -0.05) is 13.8 Å². The summed E-state index contributed by atoms with van der Waals surface area (Å²) in [6.07, 6.45) is 6.56. The summed E-state index contributed by atoms with van der Waals surface area (Å²) in [5.74, 6) is 1.50. The number of carbonyl (C=O) groups is 1. The summed E-state index contributed by atoms with van der Waals surface area (Å²) < 4.78 is 5.52. The van der Waals surface area contributed by atoms with Crippen LogP contribution in [0.3, 0.4) is 0 Å². The van der Waals surface area contributed by atoms with Crippen LogP contribution in [0.4, 0.5) is 0 Å². The van der Waals surface area contributed by atoms with E-state index in [9.17, 15) is 9.90 Å². The summed E-state index contributed by atoms with van der Waals surface area (Å²) in [5.41, 5.74) is 0.327. The van der Waals surface area contributed by atoms with Crippen LogP contribution in [0, 0.1) is 17.3 Å². The van der Waals surface area contributed by atoms with Gasteiger partial charge >= 0.3 is 5.97 Å². The Balaban J connectivity index is 1.36. The average molecular weight is 349 g/mol. The van der Waals surface area contributed by atoms with Gasteiger partial charge in [-0.25, -0.2) is 4.98 Å². The Labute approximate surface area is 147 Å². The molecule has 1 aromatic rings. The molecule has 4 saturated carbocycles. The van der Waals surface area contributed by atoms with Crippen molar-refractivity contribution in [3.63, 3.8) is 0 Å². The molecule has 5 heteroatoms. The van der Waals surface area contributed by atoms with Crippen LogP contribution in [0.2, 0.25) is 0 Å². The van der Waals surface area contributed by atoms with Crippen LogP contribution in [0.15, 0.2) is 5.38 Å². The predicted octanol–water partition coefficient (Wildman–Crippen LogP) is 4.03. The van der Waals surface area contributed by atoms with E-state index in [1.165, 1.54) is 6.42 Å². The Morgan fingerprint density at radius 2 is 2.08 bits per heavy atom. The zero-order chi connectivity index (χ0) is 16.9. The van der Waals surface area contributed by atoms with Crippen LogP contribution in [0.1, 0.15) is 75.4 Å². The maximum Gasteiger partial charge on any atom is 0.306 e. The molecular formula is C19H27NO3S. The van der Waals surface area contributed by atoms with Gasteiger partial charge in [-0.15, -0.1) is 11.3 Å². The highest BCUT2D eigenvalue weighted by Crippen LogP contribution is 2.62. The normalized spacial score (nSPS) is 37.2. The molecular weight excluding hydrogens is 322 g/mol. The lowest BCUT2D eigenvalue weighted by Crippen LogP contribution is -2.56. The van der Waals surface area contributed by atoms with E-state index in [-0.39, 0.29) is 18.0 Å². The molecule has 5 rings (SSSR count). The molecule has 24 heavy (non-hydrogen) atoms. The number of esters is 1. The van der Waals surface area contributed by atoms with Crippen LogP contribution in [-0.4, -0.2) is 21.7 Å². The Hall–Kier alpha value is -0.940. The highest BCUT2D eigenvalue weighted by molar-refractivity contribution is 7.09. The Kier molecular flexibility index (Phi) is 4.00. The third kappa shape index (κ3) is 3.13. The molecule has 2 atom stereocenters. The zero-order valence-electron chi connectivity index (χ0n) is 14.6. The largest absolute Gasteiger partial charge is 0.459 e. The second-order valence-corrected chi connectivity index (χ2v) is 9.74. The first kappa shape index (κ1) is 16.5. The van der Waals surface area contributed by atoms with Crippen LogP contribution in [0.5, 0.6) is 0 Å². The summed E-state index contributed by atoms with van der Waals surface area (Å²) in [4.78, 5) is 16.9. The number of aromatic nitrogens is 1. The van der Waals surface area contributed by atoms with E-state index >= 15 is 0 Å². The van der Waals surface area contributed by atoms with Gasteiger partial charge in [0.15, 0.2) is 0 Å². The molecule has 2 unspecified atom stereocenters. The second-order valence-electron chi connectivity index (χ2n) is 8.85. The Bertz CT molecular complexity index is 624. The molecule has 0 aliphatic heterocycles. The maximum atomic E-state index is 12.4. The van der Waals surface area contributed by atoms with Crippen molar-refractivity contribution >= 4 is 17.3 Å². The zero-order valence-corrected chi connectivity index (χ0v) is 15.4. The minimum Gasteiger partial charge on any atom is -0.459 e. The van der Waals surface area contributed by atoms with Gasteiger partial charge < -0.3 is 9.84 Å². The van der Waals surface area contributed by atoms with Crippen molar-refractivity contribution in [2.45, 2.75) is 76.9 Å². The Morgan fingerprint density at radius 3 is 2.67 bits per heavy atom. The van der Waals surface area contributed by atoms with Crippen molar-refractivity contribution in [2.75, 3.05) is 0 Å². The lowest BCUT2D eigenvalue weighted by Gasteiger charge is -2.60. The molecule has 0 radical (unpaired) electrons. The van der Waals surface area contributed by atoms with E-state index < -0.39 is 5.60 Å². The third-order valence-electron chi connectivity index (χ3n) is 6.12. The van der Waals surface area contributed by atoms with E-state index in [1.807, 2.05) is 5.38 Å². The van der Waals surface area contributed by atoms with Gasteiger partial charge in [0, 0.05) is 11.3 Å². The van der Waals surface area contributed by atoms with E-state index in [0.717, 1.165) is 42.8 Å². The van der Waals surface area contributed by atoms with Crippen molar-refractivity contribution in [3.8, 4) is 0 Å². The van der Waals surface area contributed by atoms with Crippen molar-refractivity contribution in [1.82, 2.24) is 4.98 Å². The summed E-state index contributed by atoms with van der Waals surface area (Å²) in [6, 6.07) is 0. The quantitative estimate of drug-likeness (QED) is 0.815. The summed E-state index contributed by atoms with van der Waals surface area (Å²) >= 11 is 1.63. The first-order chi connectivity index (χ1) is 11.3. The molecule has 4 aliphatic carbocycles. The van der Waals surface area contributed by atoms with Crippen molar-refractivity contribution in [1.29, 1.82) is 0 Å². The lowest BCUT2D eigenvalue weighted by molar-refractivity contribution is -0.177. The van der Waals surface area contributed by atoms with Crippen molar-refractivity contribution < 1.29 is 14.6 Å². The third-order valence-corrected chi connectivity index (χ3v) is 7.31. The molecule has 1 aromatic heterocycles. The smallest absolute Gasteiger partial charge is 0.306 e. The summed E-state index contributed by atoms with van der Waals surface area (Å²) in [6.45, 7) is 4.51. The number of hydrogen-bond acceptors (Lipinski definition) is 5. The van der Waals surface area contributed by atoms with Gasteiger partial charge in [0.25, 0.3) is 0 Å². The monoisotopic (exact) mass is 349 g/mol. The van der Waals surface area contributed by atoms with Gasteiger partial charge in [-0.2, -0.15) is 0 Å². The van der Waals surface area contributed by atoms with Gasteiger partial charge in [0.2, 0.25) is 0 Å². The first-order valence-electron chi connectivity index (χ1n) is 9.17. The fraction of sp³-hybridized carbons (Fsp3) is 0.789. The van der Waals surface area contributed by atoms with Gasteiger partial charge in [-0.3, -0.25) is 4.79 Å². The minimum atomic E-state index is -0.508. The minimum absolute atomic E-state index is 0.0128. The number of rotatable bonds is 5. The van der Waals surface area contributed by atoms with Crippen molar-refractivity contribution in [2.24, 2.45) is 17.3 Å². The molecule has 132 valence electrons. The molecule has 1 N–H and O–H groups in total. The highest BCUT2D eigenvalue weighted by atomic mass is 32.1. The average Bonchev–Trinajstić information content (AvgIpc) is 2.91. The van der Waals surface area contributed by atoms with Gasteiger partial charge in [-0.05, 0) is 55.8 Å². The molecule has 0 amide bonds. The van der Waals surface area contributed by atoms with E-state index in [1.54, 1.807) is 11.3 Å².